The minimum Gasteiger partial charge on any atom is -0.465 e. The molecule has 1 N–H and O–H groups in total. The van der Waals surface area contributed by atoms with Crippen molar-refractivity contribution in [3.63, 3.8) is 0 Å². The molecule has 0 saturated carbocycles. The van der Waals surface area contributed by atoms with Crippen LogP contribution in [0.5, 0.6) is 0 Å². The summed E-state index contributed by atoms with van der Waals surface area (Å²) in [6.07, 6.45) is 1.79. The van der Waals surface area contributed by atoms with Crippen LogP contribution < -0.4 is 5.32 Å². The SMILES string of the molecule is CC(C)COC(=O)CC1C(=O)NCCN1C(=O)CCCc1ccccc1. The van der Waals surface area contributed by atoms with Gasteiger partial charge in [0.1, 0.15) is 6.04 Å². The van der Waals surface area contributed by atoms with Crippen molar-refractivity contribution in [2.75, 3.05) is 19.7 Å². The van der Waals surface area contributed by atoms with Crippen LogP contribution >= 0.6 is 0 Å². The van der Waals surface area contributed by atoms with Gasteiger partial charge in [-0.25, -0.2) is 0 Å². The number of hydrogen-bond acceptors (Lipinski definition) is 4. The highest BCUT2D eigenvalue weighted by Gasteiger charge is 2.34. The van der Waals surface area contributed by atoms with E-state index in [2.05, 4.69) is 5.32 Å². The second-order valence-electron chi connectivity index (χ2n) is 7.01. The van der Waals surface area contributed by atoms with Gasteiger partial charge >= 0.3 is 5.97 Å². The lowest BCUT2D eigenvalue weighted by Gasteiger charge is -2.34. The van der Waals surface area contributed by atoms with Gasteiger partial charge in [0.2, 0.25) is 11.8 Å². The van der Waals surface area contributed by atoms with E-state index in [9.17, 15) is 14.4 Å². The molecule has 1 aromatic carbocycles. The predicted octanol–water partition coefficient (Wildman–Crippen LogP) is 1.93. The fourth-order valence-corrected chi connectivity index (χ4v) is 2.92. The summed E-state index contributed by atoms with van der Waals surface area (Å²) in [6, 6.07) is 9.21. The molecule has 1 aliphatic rings. The van der Waals surface area contributed by atoms with E-state index in [1.54, 1.807) is 0 Å². The van der Waals surface area contributed by atoms with Gasteiger partial charge < -0.3 is 15.0 Å². The zero-order valence-electron chi connectivity index (χ0n) is 15.6. The number of ether oxygens (including phenoxy) is 1. The summed E-state index contributed by atoms with van der Waals surface area (Å²) < 4.78 is 5.16. The van der Waals surface area contributed by atoms with Crippen molar-refractivity contribution in [3.8, 4) is 0 Å². The molecule has 0 aliphatic carbocycles. The Labute approximate surface area is 154 Å². The van der Waals surface area contributed by atoms with Crippen molar-refractivity contribution in [1.82, 2.24) is 10.2 Å². The van der Waals surface area contributed by atoms with Gasteiger partial charge in [-0.2, -0.15) is 0 Å². The summed E-state index contributed by atoms with van der Waals surface area (Å²) in [5.74, 6) is -0.579. The Kier molecular flexibility index (Phi) is 7.63. The number of esters is 1. The summed E-state index contributed by atoms with van der Waals surface area (Å²) in [5.41, 5.74) is 1.19. The van der Waals surface area contributed by atoms with Crippen LogP contribution in [0.4, 0.5) is 0 Å². The number of nitrogens with zero attached hydrogens (tertiary/aromatic N) is 1. The largest absolute Gasteiger partial charge is 0.465 e. The third-order valence-electron chi connectivity index (χ3n) is 4.29. The number of hydrogen-bond donors (Lipinski definition) is 1. The monoisotopic (exact) mass is 360 g/mol. The molecule has 0 aromatic heterocycles. The number of carbonyl (C=O) groups is 3. The number of aryl methyl sites for hydroxylation is 1. The fourth-order valence-electron chi connectivity index (χ4n) is 2.92. The highest BCUT2D eigenvalue weighted by molar-refractivity contribution is 5.91. The quantitative estimate of drug-likeness (QED) is 0.719. The maximum Gasteiger partial charge on any atom is 0.308 e. The summed E-state index contributed by atoms with van der Waals surface area (Å²) in [7, 11) is 0. The fraction of sp³-hybridized carbons (Fsp3) is 0.550. The lowest BCUT2D eigenvalue weighted by molar-refractivity contribution is -0.152. The van der Waals surface area contributed by atoms with Gasteiger partial charge in [0.15, 0.2) is 0 Å². The molecule has 6 heteroatoms. The Morgan fingerprint density at radius 3 is 2.69 bits per heavy atom. The van der Waals surface area contributed by atoms with E-state index in [-0.39, 0.29) is 24.2 Å². The first-order valence-corrected chi connectivity index (χ1v) is 9.24. The van der Waals surface area contributed by atoms with Crippen LogP contribution in [0.2, 0.25) is 0 Å². The Morgan fingerprint density at radius 1 is 1.27 bits per heavy atom. The van der Waals surface area contributed by atoms with Crippen molar-refractivity contribution in [2.45, 2.75) is 45.6 Å². The maximum absolute atomic E-state index is 12.6. The molecule has 2 amide bonds. The van der Waals surface area contributed by atoms with Crippen LogP contribution in [0.1, 0.15) is 38.7 Å². The van der Waals surface area contributed by atoms with Crippen LogP contribution in [0.3, 0.4) is 0 Å². The van der Waals surface area contributed by atoms with Crippen LogP contribution in [0, 0.1) is 5.92 Å². The first-order chi connectivity index (χ1) is 12.5. The van der Waals surface area contributed by atoms with Crippen molar-refractivity contribution in [2.24, 2.45) is 5.92 Å². The Balaban J connectivity index is 1.87. The van der Waals surface area contributed by atoms with Gasteiger partial charge in [-0.15, -0.1) is 0 Å². The van der Waals surface area contributed by atoms with E-state index in [0.29, 0.717) is 32.5 Å². The molecule has 1 aromatic rings. The van der Waals surface area contributed by atoms with Crippen LogP contribution in [0.25, 0.3) is 0 Å². The summed E-state index contributed by atoms with van der Waals surface area (Å²) >= 11 is 0. The first-order valence-electron chi connectivity index (χ1n) is 9.24. The number of amides is 2. The Bertz CT molecular complexity index is 615. The van der Waals surface area contributed by atoms with E-state index < -0.39 is 12.0 Å². The van der Waals surface area contributed by atoms with E-state index in [1.807, 2.05) is 44.2 Å². The first kappa shape index (κ1) is 19.9. The lowest BCUT2D eigenvalue weighted by Crippen LogP contribution is -2.57. The molecule has 1 unspecified atom stereocenters. The van der Waals surface area contributed by atoms with Gasteiger partial charge in [-0.05, 0) is 24.3 Å². The van der Waals surface area contributed by atoms with Crippen LogP contribution in [-0.2, 0) is 25.5 Å². The highest BCUT2D eigenvalue weighted by Crippen LogP contribution is 2.14. The molecule has 0 spiro atoms. The third kappa shape index (κ3) is 6.17. The molecule has 1 heterocycles. The molecular weight excluding hydrogens is 332 g/mol. The second kappa shape index (κ2) is 9.94. The molecule has 26 heavy (non-hydrogen) atoms. The van der Waals surface area contributed by atoms with Gasteiger partial charge in [0.25, 0.3) is 0 Å². The number of benzene rings is 1. The molecule has 1 aliphatic heterocycles. The zero-order valence-corrected chi connectivity index (χ0v) is 15.6. The Morgan fingerprint density at radius 2 is 2.00 bits per heavy atom. The molecule has 1 saturated heterocycles. The second-order valence-corrected chi connectivity index (χ2v) is 7.01. The topological polar surface area (TPSA) is 75.7 Å². The third-order valence-corrected chi connectivity index (χ3v) is 4.29. The molecule has 0 bridgehead atoms. The van der Waals surface area contributed by atoms with E-state index in [4.69, 9.17) is 4.74 Å². The molecule has 1 atom stereocenters. The van der Waals surface area contributed by atoms with Crippen LogP contribution in [0.15, 0.2) is 30.3 Å². The van der Waals surface area contributed by atoms with Gasteiger partial charge in [0, 0.05) is 19.5 Å². The molecule has 1 fully saturated rings. The van der Waals surface area contributed by atoms with Gasteiger partial charge in [0.05, 0.1) is 13.0 Å². The Hall–Kier alpha value is -2.37. The van der Waals surface area contributed by atoms with E-state index in [0.717, 1.165) is 6.42 Å². The average Bonchev–Trinajstić information content (AvgIpc) is 2.62. The minimum atomic E-state index is -0.771. The zero-order chi connectivity index (χ0) is 18.9. The molecular formula is C20H28N2O4. The number of carbonyl (C=O) groups excluding carboxylic acids is 3. The standard InChI is InChI=1S/C20H28N2O4/c1-15(2)14-26-19(24)13-17-20(25)21-11-12-22(17)18(23)10-6-9-16-7-4-3-5-8-16/h3-5,7-8,15,17H,6,9-14H2,1-2H3,(H,21,25). The lowest BCUT2D eigenvalue weighted by atomic mass is 10.1. The van der Waals surface area contributed by atoms with Crippen molar-refractivity contribution >= 4 is 17.8 Å². The van der Waals surface area contributed by atoms with Crippen molar-refractivity contribution in [3.05, 3.63) is 35.9 Å². The number of nitrogens with one attached hydrogen (secondary N) is 1. The smallest absolute Gasteiger partial charge is 0.308 e. The van der Waals surface area contributed by atoms with E-state index in [1.165, 1.54) is 10.5 Å². The van der Waals surface area contributed by atoms with E-state index >= 15 is 0 Å². The van der Waals surface area contributed by atoms with Crippen LogP contribution in [-0.4, -0.2) is 48.4 Å². The molecule has 142 valence electrons. The molecule has 6 nitrogen and oxygen atoms in total. The van der Waals surface area contributed by atoms with Gasteiger partial charge in [-0.1, -0.05) is 44.2 Å². The molecule has 0 radical (unpaired) electrons. The average molecular weight is 360 g/mol. The maximum atomic E-state index is 12.6. The summed E-state index contributed by atoms with van der Waals surface area (Å²) in [4.78, 5) is 38.3. The summed E-state index contributed by atoms with van der Waals surface area (Å²) in [6.45, 7) is 5.06. The van der Waals surface area contributed by atoms with Crippen molar-refractivity contribution < 1.29 is 19.1 Å². The van der Waals surface area contributed by atoms with Crippen molar-refractivity contribution in [1.29, 1.82) is 0 Å². The normalized spacial score (nSPS) is 17.1. The molecule has 2 rings (SSSR count). The van der Waals surface area contributed by atoms with Gasteiger partial charge in [-0.3, -0.25) is 14.4 Å². The minimum absolute atomic E-state index is 0.0857. The summed E-state index contributed by atoms with van der Waals surface area (Å²) in [5, 5.41) is 2.73. The number of rotatable bonds is 8. The number of piperazine rings is 1. The predicted molar refractivity (Wildman–Crippen MR) is 98.3 cm³/mol. The highest BCUT2D eigenvalue weighted by atomic mass is 16.5.